The van der Waals surface area contributed by atoms with Gasteiger partial charge in [-0.15, -0.1) is 5.53 Å². The number of hydrogen-bond donors (Lipinski definition) is 2. The first kappa shape index (κ1) is 22.2. The molecule has 0 atom stereocenters. The van der Waals surface area contributed by atoms with Crippen LogP contribution in [0.1, 0.15) is 30.5 Å². The fraction of sp³-hybridized carbons (Fsp3) is 0.455. The summed E-state index contributed by atoms with van der Waals surface area (Å²) in [7, 11) is 3.50. The predicted molar refractivity (Wildman–Crippen MR) is 115 cm³/mol. The van der Waals surface area contributed by atoms with Crippen molar-refractivity contribution < 1.29 is 17.9 Å². The first-order chi connectivity index (χ1) is 15.3. The lowest BCUT2D eigenvalue weighted by atomic mass is 9.95. The van der Waals surface area contributed by atoms with Gasteiger partial charge in [0.15, 0.2) is 5.69 Å². The number of hydrazine groups is 2. The first-order valence-corrected chi connectivity index (χ1v) is 10.5. The van der Waals surface area contributed by atoms with E-state index >= 15 is 0 Å². The first-order valence-electron chi connectivity index (χ1n) is 10.5. The molecule has 1 aromatic carbocycles. The molecule has 2 aliphatic rings. The molecule has 170 valence electrons. The Labute approximate surface area is 184 Å². The number of nitriles is 1. The Kier molecular flexibility index (Phi) is 6.13. The molecule has 2 N–H and O–H groups in total. The van der Waals surface area contributed by atoms with Crippen molar-refractivity contribution >= 4 is 11.4 Å². The van der Waals surface area contributed by atoms with Crippen LogP contribution >= 0.6 is 0 Å². The van der Waals surface area contributed by atoms with Gasteiger partial charge in [-0.1, -0.05) is 0 Å². The molecule has 0 aliphatic carbocycles. The lowest BCUT2D eigenvalue weighted by molar-refractivity contribution is -0.138. The molecule has 4 rings (SSSR count). The topological polar surface area (TPSA) is 76.4 Å². The van der Waals surface area contributed by atoms with E-state index < -0.39 is 11.7 Å². The highest BCUT2D eigenvalue weighted by Crippen LogP contribution is 2.41. The Hall–Kier alpha value is -3.03. The van der Waals surface area contributed by atoms with Gasteiger partial charge in [0.05, 0.1) is 23.6 Å². The van der Waals surface area contributed by atoms with Crippen molar-refractivity contribution in [3.8, 4) is 23.1 Å². The molecule has 1 aromatic heterocycles. The number of benzene rings is 1. The van der Waals surface area contributed by atoms with Crippen molar-refractivity contribution in [2.75, 3.05) is 43.8 Å². The zero-order valence-corrected chi connectivity index (χ0v) is 18.0. The van der Waals surface area contributed by atoms with Crippen LogP contribution in [0.3, 0.4) is 0 Å². The Bertz CT molecular complexity index is 1030. The number of aromatic nitrogens is 1. The molecular weight excluding hydrogens is 421 g/mol. The highest BCUT2D eigenvalue weighted by Gasteiger charge is 2.35. The minimum atomic E-state index is -4.58. The van der Waals surface area contributed by atoms with Gasteiger partial charge in [-0.05, 0) is 62.5 Å². The zero-order valence-electron chi connectivity index (χ0n) is 18.0. The van der Waals surface area contributed by atoms with Gasteiger partial charge < -0.3 is 10.1 Å². The Morgan fingerprint density at radius 3 is 2.62 bits per heavy atom. The van der Waals surface area contributed by atoms with Crippen LogP contribution in [0.25, 0.3) is 11.3 Å². The molecule has 0 bridgehead atoms. The molecule has 32 heavy (non-hydrogen) atoms. The molecule has 7 nitrogen and oxygen atoms in total. The van der Waals surface area contributed by atoms with Crippen molar-refractivity contribution in [1.82, 2.24) is 15.8 Å². The molecule has 0 amide bonds. The summed E-state index contributed by atoms with van der Waals surface area (Å²) in [5, 5.41) is 16.1. The fourth-order valence-corrected chi connectivity index (χ4v) is 4.21. The predicted octanol–water partition coefficient (Wildman–Crippen LogP) is 3.71. The molecule has 3 heterocycles. The van der Waals surface area contributed by atoms with Crippen molar-refractivity contribution in [1.29, 1.82) is 5.26 Å². The summed E-state index contributed by atoms with van der Waals surface area (Å²) in [5.41, 5.74) is 4.08. The molecular formula is C22H25F3N6O. The van der Waals surface area contributed by atoms with Crippen molar-refractivity contribution in [3.05, 3.63) is 35.5 Å². The number of ether oxygens (including phenoxy) is 1. The van der Waals surface area contributed by atoms with E-state index in [4.69, 9.17) is 4.74 Å². The summed E-state index contributed by atoms with van der Waals surface area (Å²) in [6.45, 7) is 2.11. The zero-order chi connectivity index (χ0) is 22.9. The Morgan fingerprint density at radius 1 is 1.19 bits per heavy atom. The van der Waals surface area contributed by atoms with Crippen molar-refractivity contribution in [2.24, 2.45) is 5.92 Å². The van der Waals surface area contributed by atoms with Crippen molar-refractivity contribution in [3.63, 3.8) is 0 Å². The number of fused-ring (bicyclic) bond motifs is 1. The molecule has 2 aliphatic heterocycles. The standard InChI is InChI=1S/C22H25F3N6O/c1-30-19-12-17(28-18(13-26)21(19)31(2)29-30)15-3-4-20(16(11-15)22(23,24)25)32-10-7-14-5-8-27-9-6-14/h3-4,11-12,14,27,29H,5-10H2,1-2H3. The van der Waals surface area contributed by atoms with Gasteiger partial charge in [-0.25, -0.2) is 4.98 Å². The SMILES string of the molecule is CN1NN(C)c2c1cc(-c1ccc(OCCC3CCNCC3)c(C(F)(F)F)c1)nc2C#N. The molecule has 1 fully saturated rings. The molecule has 1 saturated heterocycles. The quantitative estimate of drug-likeness (QED) is 0.725. The monoisotopic (exact) mass is 446 g/mol. The maximum absolute atomic E-state index is 13.8. The third kappa shape index (κ3) is 4.45. The summed E-state index contributed by atoms with van der Waals surface area (Å²) in [6, 6.07) is 7.64. The number of piperidine rings is 1. The Morgan fingerprint density at radius 2 is 1.94 bits per heavy atom. The van der Waals surface area contributed by atoms with Crippen LogP contribution in [0.15, 0.2) is 24.3 Å². The number of pyridine rings is 1. The van der Waals surface area contributed by atoms with Gasteiger partial charge in [-0.3, -0.25) is 10.0 Å². The van der Waals surface area contributed by atoms with E-state index in [1.807, 2.05) is 6.07 Å². The van der Waals surface area contributed by atoms with Crippen LogP contribution in [0, 0.1) is 17.2 Å². The molecule has 10 heteroatoms. The van der Waals surface area contributed by atoms with Gasteiger partial charge in [0.1, 0.15) is 17.5 Å². The number of anilines is 2. The maximum Gasteiger partial charge on any atom is 0.419 e. The number of nitrogens with one attached hydrogen (secondary N) is 2. The number of hydrogen-bond acceptors (Lipinski definition) is 7. The van der Waals surface area contributed by atoms with Crippen LogP contribution in [0.5, 0.6) is 5.75 Å². The summed E-state index contributed by atoms with van der Waals surface area (Å²) < 4.78 is 47.0. The summed E-state index contributed by atoms with van der Waals surface area (Å²) >= 11 is 0. The molecule has 0 unspecified atom stereocenters. The highest BCUT2D eigenvalue weighted by molar-refractivity contribution is 5.82. The van der Waals surface area contributed by atoms with Crippen LogP contribution in [0.4, 0.5) is 24.5 Å². The highest BCUT2D eigenvalue weighted by atomic mass is 19.4. The number of nitrogens with zero attached hydrogens (tertiary/aromatic N) is 4. The lowest BCUT2D eigenvalue weighted by Crippen LogP contribution is -2.39. The van der Waals surface area contributed by atoms with Crippen LogP contribution in [0.2, 0.25) is 0 Å². The summed E-state index contributed by atoms with van der Waals surface area (Å²) in [4.78, 5) is 4.31. The van der Waals surface area contributed by atoms with E-state index in [9.17, 15) is 18.4 Å². The van der Waals surface area contributed by atoms with Gasteiger partial charge >= 0.3 is 6.18 Å². The summed E-state index contributed by atoms with van der Waals surface area (Å²) in [5.74, 6) is 0.281. The van der Waals surface area contributed by atoms with Crippen LogP contribution < -0.4 is 25.6 Å². The maximum atomic E-state index is 13.8. The third-order valence-corrected chi connectivity index (χ3v) is 5.90. The molecule has 0 radical (unpaired) electrons. The van der Waals surface area contributed by atoms with Gasteiger partial charge in [0, 0.05) is 19.7 Å². The van der Waals surface area contributed by atoms with Crippen LogP contribution in [-0.2, 0) is 6.18 Å². The van der Waals surface area contributed by atoms with E-state index in [-0.39, 0.29) is 29.3 Å². The largest absolute Gasteiger partial charge is 0.493 e. The second kappa shape index (κ2) is 8.84. The molecule has 0 saturated carbocycles. The summed E-state index contributed by atoms with van der Waals surface area (Å²) in [6.07, 6.45) is -1.82. The third-order valence-electron chi connectivity index (χ3n) is 5.90. The number of halogens is 3. The van der Waals surface area contributed by atoms with E-state index in [1.54, 1.807) is 36.2 Å². The van der Waals surface area contributed by atoms with E-state index in [0.717, 1.165) is 38.4 Å². The Balaban J connectivity index is 1.62. The van der Waals surface area contributed by atoms with E-state index in [1.165, 1.54) is 6.07 Å². The second-order valence-electron chi connectivity index (χ2n) is 8.09. The van der Waals surface area contributed by atoms with Gasteiger partial charge in [0.25, 0.3) is 0 Å². The van der Waals surface area contributed by atoms with E-state index in [0.29, 0.717) is 17.3 Å². The lowest BCUT2D eigenvalue weighted by Gasteiger charge is -2.23. The van der Waals surface area contributed by atoms with E-state index in [2.05, 4.69) is 15.8 Å². The minimum Gasteiger partial charge on any atom is -0.493 e. The number of rotatable bonds is 5. The smallest absolute Gasteiger partial charge is 0.419 e. The normalized spacial score (nSPS) is 16.8. The number of alkyl halides is 3. The fourth-order valence-electron chi connectivity index (χ4n) is 4.21. The minimum absolute atomic E-state index is 0.132. The van der Waals surface area contributed by atoms with Crippen molar-refractivity contribution in [2.45, 2.75) is 25.4 Å². The van der Waals surface area contributed by atoms with Gasteiger partial charge in [-0.2, -0.15) is 18.4 Å². The molecule has 2 aromatic rings. The van der Waals surface area contributed by atoms with Crippen LogP contribution in [-0.4, -0.2) is 38.8 Å². The second-order valence-corrected chi connectivity index (χ2v) is 8.09. The molecule has 0 spiro atoms. The average molecular weight is 446 g/mol. The van der Waals surface area contributed by atoms with Gasteiger partial charge in [0.2, 0.25) is 0 Å². The average Bonchev–Trinajstić information content (AvgIpc) is 3.07.